The second kappa shape index (κ2) is 6.64. The first-order valence-corrected chi connectivity index (χ1v) is 7.57. The first kappa shape index (κ1) is 15.4. The molecule has 6 heteroatoms. The van der Waals surface area contributed by atoms with Crippen molar-refractivity contribution < 1.29 is 14.7 Å². The van der Waals surface area contributed by atoms with Crippen molar-refractivity contribution in [2.24, 2.45) is 5.41 Å². The minimum atomic E-state index is -0.902. The van der Waals surface area contributed by atoms with Crippen molar-refractivity contribution >= 4 is 29.3 Å². The van der Waals surface area contributed by atoms with Crippen LogP contribution in [-0.2, 0) is 9.59 Å². The van der Waals surface area contributed by atoms with Crippen molar-refractivity contribution in [2.45, 2.75) is 37.0 Å². The third kappa shape index (κ3) is 3.76. The third-order valence-electron chi connectivity index (χ3n) is 3.81. The SMILES string of the molecule is N#CSc1ccc(NC(=O)CC2(C(=O)O)CCCC2)cc1. The lowest BCUT2D eigenvalue weighted by Crippen LogP contribution is -2.32. The molecule has 0 spiro atoms. The predicted octanol–water partition coefficient (Wildman–Crippen LogP) is 3.23. The Morgan fingerprint density at radius 1 is 1.29 bits per heavy atom. The van der Waals surface area contributed by atoms with Crippen molar-refractivity contribution in [3.05, 3.63) is 24.3 Å². The van der Waals surface area contributed by atoms with Gasteiger partial charge in [0.15, 0.2) is 0 Å². The molecule has 0 saturated heterocycles. The number of carbonyl (C=O) groups excluding carboxylic acids is 1. The standard InChI is InChI=1S/C15H16N2O3S/c16-10-21-12-5-3-11(4-6-12)17-13(18)9-15(14(19)20)7-1-2-8-15/h3-6H,1-2,7-9H2,(H,17,18)(H,19,20). The second-order valence-electron chi connectivity index (χ2n) is 5.24. The van der Waals surface area contributed by atoms with Crippen molar-refractivity contribution in [1.82, 2.24) is 0 Å². The molecular weight excluding hydrogens is 288 g/mol. The van der Waals surface area contributed by atoms with E-state index in [0.717, 1.165) is 29.5 Å². The Morgan fingerprint density at radius 3 is 2.43 bits per heavy atom. The number of amides is 1. The van der Waals surface area contributed by atoms with Crippen LogP contribution in [0.15, 0.2) is 29.2 Å². The lowest BCUT2D eigenvalue weighted by Gasteiger charge is -2.22. The topological polar surface area (TPSA) is 90.2 Å². The lowest BCUT2D eigenvalue weighted by molar-refractivity contribution is -0.150. The van der Waals surface area contributed by atoms with Crippen LogP contribution in [0.1, 0.15) is 32.1 Å². The van der Waals surface area contributed by atoms with Gasteiger partial charge >= 0.3 is 5.97 Å². The Labute approximate surface area is 127 Å². The van der Waals surface area contributed by atoms with Gasteiger partial charge in [-0.3, -0.25) is 9.59 Å². The van der Waals surface area contributed by atoms with E-state index in [0.29, 0.717) is 18.5 Å². The maximum Gasteiger partial charge on any atom is 0.310 e. The summed E-state index contributed by atoms with van der Waals surface area (Å²) in [7, 11) is 0. The molecule has 1 aliphatic carbocycles. The summed E-state index contributed by atoms with van der Waals surface area (Å²) in [4.78, 5) is 24.3. The maximum atomic E-state index is 12.1. The minimum Gasteiger partial charge on any atom is -0.481 e. The highest BCUT2D eigenvalue weighted by molar-refractivity contribution is 8.03. The van der Waals surface area contributed by atoms with Crippen LogP contribution in [0.25, 0.3) is 0 Å². The van der Waals surface area contributed by atoms with E-state index in [-0.39, 0.29) is 12.3 Å². The molecule has 2 N–H and O–H groups in total. The van der Waals surface area contributed by atoms with Gasteiger partial charge in [0.1, 0.15) is 5.40 Å². The molecule has 2 rings (SSSR count). The van der Waals surface area contributed by atoms with E-state index in [9.17, 15) is 14.7 Å². The van der Waals surface area contributed by atoms with E-state index in [1.54, 1.807) is 24.3 Å². The monoisotopic (exact) mass is 304 g/mol. The van der Waals surface area contributed by atoms with Gasteiger partial charge in [0.2, 0.25) is 5.91 Å². The molecule has 0 bridgehead atoms. The molecule has 0 atom stereocenters. The molecule has 0 unspecified atom stereocenters. The molecule has 1 fully saturated rings. The number of rotatable bonds is 5. The fourth-order valence-electron chi connectivity index (χ4n) is 2.69. The van der Waals surface area contributed by atoms with E-state index in [1.165, 1.54) is 0 Å². The molecule has 1 aliphatic rings. The van der Waals surface area contributed by atoms with Crippen LogP contribution in [0.3, 0.4) is 0 Å². The number of carboxylic acids is 1. The number of thioether (sulfide) groups is 1. The fraction of sp³-hybridized carbons (Fsp3) is 0.400. The smallest absolute Gasteiger partial charge is 0.310 e. The predicted molar refractivity (Wildman–Crippen MR) is 79.7 cm³/mol. The number of anilines is 1. The van der Waals surface area contributed by atoms with Gasteiger partial charge in [0, 0.05) is 17.0 Å². The molecule has 0 aromatic heterocycles. The Bertz CT molecular complexity index is 572. The summed E-state index contributed by atoms with van der Waals surface area (Å²) in [5, 5.41) is 22.6. The lowest BCUT2D eigenvalue weighted by atomic mass is 9.82. The van der Waals surface area contributed by atoms with E-state index in [4.69, 9.17) is 5.26 Å². The zero-order chi connectivity index (χ0) is 15.3. The first-order valence-electron chi connectivity index (χ1n) is 6.75. The van der Waals surface area contributed by atoms with Crippen molar-refractivity contribution in [3.63, 3.8) is 0 Å². The van der Waals surface area contributed by atoms with E-state index < -0.39 is 11.4 Å². The fourth-order valence-corrected chi connectivity index (χ4v) is 3.07. The van der Waals surface area contributed by atoms with Gasteiger partial charge in [-0.05, 0) is 48.9 Å². The number of aliphatic carboxylic acids is 1. The van der Waals surface area contributed by atoms with Crippen LogP contribution in [0.4, 0.5) is 5.69 Å². The highest BCUT2D eigenvalue weighted by Gasteiger charge is 2.42. The number of thiocyanates is 1. The zero-order valence-corrected chi connectivity index (χ0v) is 12.3. The summed E-state index contributed by atoms with van der Waals surface area (Å²) in [5.41, 5.74) is -0.290. The summed E-state index contributed by atoms with van der Waals surface area (Å²) in [6, 6.07) is 6.90. The minimum absolute atomic E-state index is 0.0109. The van der Waals surface area contributed by atoms with Crippen LogP contribution in [-0.4, -0.2) is 17.0 Å². The van der Waals surface area contributed by atoms with Gasteiger partial charge in [-0.2, -0.15) is 5.26 Å². The largest absolute Gasteiger partial charge is 0.481 e. The molecular formula is C15H16N2O3S. The number of nitrogens with one attached hydrogen (secondary N) is 1. The summed E-state index contributed by atoms with van der Waals surface area (Å²) >= 11 is 1.05. The molecule has 1 aromatic carbocycles. The number of nitrogens with zero attached hydrogens (tertiary/aromatic N) is 1. The van der Waals surface area contributed by atoms with Crippen molar-refractivity contribution in [2.75, 3.05) is 5.32 Å². The highest BCUT2D eigenvalue weighted by atomic mass is 32.2. The average molecular weight is 304 g/mol. The number of carboxylic acid groups (broad SMARTS) is 1. The molecule has 0 radical (unpaired) electrons. The maximum absolute atomic E-state index is 12.1. The van der Waals surface area contributed by atoms with Crippen LogP contribution in [0.2, 0.25) is 0 Å². The Morgan fingerprint density at radius 2 is 1.90 bits per heavy atom. The molecule has 1 aromatic rings. The summed E-state index contributed by atoms with van der Waals surface area (Å²) in [5.74, 6) is -1.16. The summed E-state index contributed by atoms with van der Waals surface area (Å²) in [6.07, 6.45) is 2.86. The van der Waals surface area contributed by atoms with Gasteiger partial charge in [0.05, 0.1) is 5.41 Å². The average Bonchev–Trinajstić information content (AvgIpc) is 2.91. The quantitative estimate of drug-likeness (QED) is 0.644. The number of hydrogen-bond acceptors (Lipinski definition) is 4. The highest BCUT2D eigenvalue weighted by Crippen LogP contribution is 2.41. The molecule has 5 nitrogen and oxygen atoms in total. The second-order valence-corrected chi connectivity index (χ2v) is 6.09. The van der Waals surface area contributed by atoms with Crippen LogP contribution >= 0.6 is 11.8 Å². The Hall–Kier alpha value is -2.00. The van der Waals surface area contributed by atoms with E-state index in [1.807, 2.05) is 5.40 Å². The van der Waals surface area contributed by atoms with Crippen molar-refractivity contribution in [3.8, 4) is 5.40 Å². The number of hydrogen-bond donors (Lipinski definition) is 2. The number of nitriles is 1. The number of carbonyl (C=O) groups is 2. The van der Waals surface area contributed by atoms with E-state index >= 15 is 0 Å². The van der Waals surface area contributed by atoms with Gasteiger partial charge < -0.3 is 10.4 Å². The molecule has 110 valence electrons. The summed E-state index contributed by atoms with van der Waals surface area (Å²) in [6.45, 7) is 0. The molecule has 1 amide bonds. The van der Waals surface area contributed by atoms with Gasteiger partial charge in [-0.1, -0.05) is 12.8 Å². The molecule has 21 heavy (non-hydrogen) atoms. The Kier molecular flexibility index (Phi) is 4.86. The molecule has 1 saturated carbocycles. The summed E-state index contributed by atoms with van der Waals surface area (Å²) < 4.78 is 0. The normalized spacial score (nSPS) is 16.1. The van der Waals surface area contributed by atoms with Gasteiger partial charge in [-0.25, -0.2) is 0 Å². The van der Waals surface area contributed by atoms with Crippen LogP contribution < -0.4 is 5.32 Å². The van der Waals surface area contributed by atoms with Gasteiger partial charge in [0.25, 0.3) is 0 Å². The van der Waals surface area contributed by atoms with E-state index in [2.05, 4.69) is 5.32 Å². The molecule has 0 heterocycles. The number of benzene rings is 1. The van der Waals surface area contributed by atoms with Crippen LogP contribution in [0, 0.1) is 16.1 Å². The first-order chi connectivity index (χ1) is 10.1. The van der Waals surface area contributed by atoms with Crippen LogP contribution in [0.5, 0.6) is 0 Å². The van der Waals surface area contributed by atoms with Gasteiger partial charge in [-0.15, -0.1) is 0 Å². The Balaban J connectivity index is 1.98. The zero-order valence-electron chi connectivity index (χ0n) is 11.5. The van der Waals surface area contributed by atoms with Crippen molar-refractivity contribution in [1.29, 1.82) is 5.26 Å². The third-order valence-corrected chi connectivity index (χ3v) is 4.41. The molecule has 0 aliphatic heterocycles.